The van der Waals surface area contributed by atoms with Gasteiger partial charge in [-0.15, -0.1) is 0 Å². The van der Waals surface area contributed by atoms with E-state index in [4.69, 9.17) is 28.6 Å². The highest BCUT2D eigenvalue weighted by atomic mass is 35.5. The zero-order valence-electron chi connectivity index (χ0n) is 18.6. The number of allylic oxidation sites excluding steroid dienone is 1. The van der Waals surface area contributed by atoms with Crippen molar-refractivity contribution in [3.8, 4) is 0 Å². The Hall–Kier alpha value is -2.15. The van der Waals surface area contributed by atoms with Crippen LogP contribution >= 0.6 is 23.8 Å². The van der Waals surface area contributed by atoms with Crippen LogP contribution in [-0.4, -0.2) is 47.8 Å². The van der Waals surface area contributed by atoms with Crippen LogP contribution in [0, 0.1) is 0 Å². The summed E-state index contributed by atoms with van der Waals surface area (Å²) in [5, 5.41) is 4.90. The molecule has 2 aliphatic heterocycles. The molecule has 0 unspecified atom stereocenters. The number of thiocarbonyl (C=S) groups is 1. The van der Waals surface area contributed by atoms with Crippen molar-refractivity contribution in [2.75, 3.05) is 32.2 Å². The summed E-state index contributed by atoms with van der Waals surface area (Å²) < 4.78 is 5.36. The second-order valence-corrected chi connectivity index (χ2v) is 9.54. The van der Waals surface area contributed by atoms with Crippen LogP contribution in [0.5, 0.6) is 0 Å². The van der Waals surface area contributed by atoms with E-state index in [1.165, 1.54) is 11.1 Å². The molecule has 1 N–H and O–H groups in total. The molecule has 0 bridgehead atoms. The molecule has 1 aromatic carbocycles. The maximum atomic E-state index is 6.95. The second kappa shape index (κ2) is 8.41. The van der Waals surface area contributed by atoms with Crippen LogP contribution in [-0.2, 0) is 4.74 Å². The Kier molecular flexibility index (Phi) is 5.99. The Bertz CT molecular complexity index is 1020. The average Bonchev–Trinajstić information content (AvgIpc) is 3.06. The van der Waals surface area contributed by atoms with Crippen molar-refractivity contribution in [1.29, 1.82) is 0 Å². The molecule has 7 heteroatoms. The number of nitrogens with one attached hydrogen (secondary N) is 1. The molecule has 3 heterocycles. The lowest BCUT2D eigenvalue weighted by Gasteiger charge is -2.41. The van der Waals surface area contributed by atoms with Gasteiger partial charge in [-0.2, -0.15) is 0 Å². The molecule has 31 heavy (non-hydrogen) atoms. The minimum Gasteiger partial charge on any atom is -0.383 e. The summed E-state index contributed by atoms with van der Waals surface area (Å²) in [5.41, 5.74) is 5.51. The van der Waals surface area contributed by atoms with Crippen LogP contribution in [0.1, 0.15) is 49.7 Å². The van der Waals surface area contributed by atoms with Crippen molar-refractivity contribution in [1.82, 2.24) is 15.2 Å². The van der Waals surface area contributed by atoms with Crippen LogP contribution in [0.3, 0.4) is 0 Å². The average molecular weight is 457 g/mol. The predicted molar refractivity (Wildman–Crippen MR) is 132 cm³/mol. The Morgan fingerprint density at radius 1 is 1.29 bits per heavy atom. The highest BCUT2D eigenvalue weighted by molar-refractivity contribution is 7.80. The van der Waals surface area contributed by atoms with Crippen LogP contribution < -0.4 is 10.2 Å². The van der Waals surface area contributed by atoms with Gasteiger partial charge in [0.15, 0.2) is 5.11 Å². The fourth-order valence-corrected chi connectivity index (χ4v) is 5.19. The summed E-state index contributed by atoms with van der Waals surface area (Å²) in [7, 11) is 3.82. The predicted octanol–water partition coefficient (Wildman–Crippen LogP) is 4.99. The molecule has 1 fully saturated rings. The molecule has 1 aromatic heterocycles. The second-order valence-electron chi connectivity index (χ2n) is 8.74. The molecule has 0 saturated carbocycles. The Morgan fingerprint density at radius 3 is 2.74 bits per heavy atom. The lowest BCUT2D eigenvalue weighted by molar-refractivity contribution is 0.164. The fraction of sp³-hybridized carbons (Fsp3) is 0.417. The number of rotatable bonds is 5. The third-order valence-corrected chi connectivity index (χ3v) is 7.07. The van der Waals surface area contributed by atoms with Crippen LogP contribution in [0.2, 0.25) is 5.02 Å². The molecule has 5 nitrogen and oxygen atoms in total. The molecule has 164 valence electrons. The van der Waals surface area contributed by atoms with Gasteiger partial charge in [0.25, 0.3) is 0 Å². The molecule has 1 saturated heterocycles. The fourth-order valence-electron chi connectivity index (χ4n) is 4.59. The molecule has 0 aliphatic carbocycles. The lowest BCUT2D eigenvalue weighted by atomic mass is 9.86. The normalized spacial score (nSPS) is 22.3. The number of benzene rings is 1. The number of aromatic nitrogens is 1. The number of ether oxygens (including phenoxy) is 1. The molecule has 0 amide bonds. The van der Waals surface area contributed by atoms with E-state index in [9.17, 15) is 0 Å². The first-order valence-corrected chi connectivity index (χ1v) is 11.3. The Balaban J connectivity index is 1.84. The number of methoxy groups -OCH3 is 1. The van der Waals surface area contributed by atoms with Gasteiger partial charge in [0.2, 0.25) is 0 Å². The molecule has 2 aliphatic rings. The zero-order chi connectivity index (χ0) is 22.3. The first kappa shape index (κ1) is 22.1. The summed E-state index contributed by atoms with van der Waals surface area (Å²) in [5.74, 6) is 0. The lowest BCUT2D eigenvalue weighted by Crippen LogP contribution is -2.42. The van der Waals surface area contributed by atoms with Crippen molar-refractivity contribution in [2.24, 2.45) is 0 Å². The van der Waals surface area contributed by atoms with Gasteiger partial charge in [-0.1, -0.05) is 23.7 Å². The third-order valence-electron chi connectivity index (χ3n) is 6.39. The molecule has 0 spiro atoms. The summed E-state index contributed by atoms with van der Waals surface area (Å²) in [4.78, 5) is 9.05. The maximum absolute atomic E-state index is 6.95. The Morgan fingerprint density at radius 2 is 2.06 bits per heavy atom. The monoisotopic (exact) mass is 456 g/mol. The number of pyridine rings is 1. The minimum atomic E-state index is -0.0943. The number of fused-ring (bicyclic) bond motifs is 1. The Labute approximate surface area is 195 Å². The highest BCUT2D eigenvalue weighted by Gasteiger charge is 2.41. The van der Waals surface area contributed by atoms with E-state index in [-0.39, 0.29) is 17.6 Å². The largest absolute Gasteiger partial charge is 0.383 e. The number of halogens is 1. The third kappa shape index (κ3) is 3.93. The number of hydrogen-bond donors (Lipinski definition) is 1. The summed E-state index contributed by atoms with van der Waals surface area (Å²) in [6.07, 6.45) is 4.12. The molecule has 2 atom stereocenters. The smallest absolute Gasteiger partial charge is 0.170 e. The summed E-state index contributed by atoms with van der Waals surface area (Å²) >= 11 is 12.7. The summed E-state index contributed by atoms with van der Waals surface area (Å²) in [6.45, 7) is 7.84. The standard InChI is InChI=1S/C24H29ClN4OS/c1-15-14-24(2,3)28(4)20-13-18(25)17(12-16(15)20)22-21(19-8-6-7-9-26-19)27-23(31)29(22)10-11-30-5/h6-9,12-14,21-22H,10-11H2,1-5H3,(H,27,31)/t21-,22-/m0/s1. The van der Waals surface area contributed by atoms with Gasteiger partial charge in [0.1, 0.15) is 0 Å². The number of likely N-dealkylation sites (N-methyl/N-ethyl adjacent to an activating group) is 1. The van der Waals surface area contributed by atoms with E-state index in [2.05, 4.69) is 66.1 Å². The first-order valence-electron chi connectivity index (χ1n) is 10.5. The van der Waals surface area contributed by atoms with Crippen LogP contribution in [0.4, 0.5) is 5.69 Å². The van der Waals surface area contributed by atoms with Gasteiger partial charge < -0.3 is 19.9 Å². The maximum Gasteiger partial charge on any atom is 0.170 e. The van der Waals surface area contributed by atoms with Crippen molar-refractivity contribution >= 4 is 40.2 Å². The van der Waals surface area contributed by atoms with Crippen molar-refractivity contribution in [3.63, 3.8) is 0 Å². The van der Waals surface area contributed by atoms with E-state index >= 15 is 0 Å². The van der Waals surface area contributed by atoms with Gasteiger partial charge in [-0.05, 0) is 68.4 Å². The van der Waals surface area contributed by atoms with Gasteiger partial charge >= 0.3 is 0 Å². The van der Waals surface area contributed by atoms with E-state index in [1.54, 1.807) is 7.11 Å². The number of anilines is 1. The van der Waals surface area contributed by atoms with Gasteiger partial charge in [-0.3, -0.25) is 4.98 Å². The molecule has 4 rings (SSSR count). The SMILES string of the molecule is COCCN1C(=S)N[C@@H](c2ccccn2)[C@@H]1c1cc2c(cc1Cl)N(C)C(C)(C)C=C2C. The quantitative estimate of drug-likeness (QED) is 0.639. The van der Waals surface area contributed by atoms with E-state index in [1.807, 2.05) is 24.4 Å². The van der Waals surface area contributed by atoms with Gasteiger partial charge in [0.05, 0.1) is 29.9 Å². The van der Waals surface area contributed by atoms with Gasteiger partial charge in [-0.25, -0.2) is 0 Å². The van der Waals surface area contributed by atoms with Crippen molar-refractivity contribution < 1.29 is 4.74 Å². The van der Waals surface area contributed by atoms with E-state index < -0.39 is 0 Å². The van der Waals surface area contributed by atoms with Crippen LogP contribution in [0.25, 0.3) is 5.57 Å². The number of hydrogen-bond acceptors (Lipinski definition) is 4. The van der Waals surface area contributed by atoms with Crippen molar-refractivity contribution in [3.05, 3.63) is 64.4 Å². The zero-order valence-corrected chi connectivity index (χ0v) is 20.2. The first-order chi connectivity index (χ1) is 14.7. The topological polar surface area (TPSA) is 40.6 Å². The van der Waals surface area contributed by atoms with Crippen LogP contribution in [0.15, 0.2) is 42.6 Å². The molecule has 0 radical (unpaired) electrons. The van der Waals surface area contributed by atoms with Gasteiger partial charge in [0, 0.05) is 43.2 Å². The van der Waals surface area contributed by atoms with E-state index in [0.29, 0.717) is 18.3 Å². The molecular weight excluding hydrogens is 428 g/mol. The minimum absolute atomic E-state index is 0.0700. The van der Waals surface area contributed by atoms with Crippen molar-refractivity contribution in [2.45, 2.75) is 38.4 Å². The molecule has 2 aromatic rings. The van der Waals surface area contributed by atoms with E-state index in [0.717, 1.165) is 22.0 Å². The summed E-state index contributed by atoms with van der Waals surface area (Å²) in [6, 6.07) is 10.1. The molecular formula is C24H29ClN4OS. The highest BCUT2D eigenvalue weighted by Crippen LogP contribution is 2.46. The number of nitrogens with zero attached hydrogens (tertiary/aromatic N) is 3.